The normalized spacial score (nSPS) is 15.3. The van der Waals surface area contributed by atoms with Crippen LogP contribution in [0.4, 0.5) is 5.82 Å². The molecule has 4 rings (SSSR count). The molecule has 1 aliphatic heterocycles. The average molecular weight is 338 g/mol. The highest BCUT2D eigenvalue weighted by molar-refractivity contribution is 5.93. The molecular formula is C18H22N6O. The zero-order valence-corrected chi connectivity index (χ0v) is 14.5. The number of aromatic nitrogens is 4. The molecule has 0 bridgehead atoms. The lowest BCUT2D eigenvalue weighted by Gasteiger charge is -2.35. The number of nitrogens with zero attached hydrogens (tertiary/aromatic N) is 6. The van der Waals surface area contributed by atoms with Gasteiger partial charge in [0.05, 0.1) is 0 Å². The van der Waals surface area contributed by atoms with E-state index in [0.717, 1.165) is 30.2 Å². The molecule has 0 radical (unpaired) electrons. The van der Waals surface area contributed by atoms with E-state index in [4.69, 9.17) is 0 Å². The molecule has 0 unspecified atom stereocenters. The van der Waals surface area contributed by atoms with Gasteiger partial charge in [-0.15, -0.1) is 5.10 Å². The van der Waals surface area contributed by atoms with Crippen molar-refractivity contribution in [2.75, 3.05) is 31.1 Å². The number of hydrogen-bond donors (Lipinski definition) is 0. The Labute approximate surface area is 146 Å². The van der Waals surface area contributed by atoms with E-state index in [9.17, 15) is 4.79 Å². The molecule has 7 heteroatoms. The van der Waals surface area contributed by atoms with Gasteiger partial charge in [0, 0.05) is 50.8 Å². The summed E-state index contributed by atoms with van der Waals surface area (Å²) in [5, 5.41) is 4.59. The van der Waals surface area contributed by atoms with Gasteiger partial charge in [-0.2, -0.15) is 0 Å². The molecule has 0 aliphatic carbocycles. The molecule has 130 valence electrons. The van der Waals surface area contributed by atoms with E-state index in [-0.39, 0.29) is 11.9 Å². The summed E-state index contributed by atoms with van der Waals surface area (Å²) >= 11 is 0. The molecule has 25 heavy (non-hydrogen) atoms. The van der Waals surface area contributed by atoms with Crippen LogP contribution >= 0.6 is 0 Å². The van der Waals surface area contributed by atoms with Gasteiger partial charge >= 0.3 is 0 Å². The van der Waals surface area contributed by atoms with Gasteiger partial charge in [0.1, 0.15) is 11.5 Å². The molecule has 1 aliphatic rings. The van der Waals surface area contributed by atoms with Crippen molar-refractivity contribution in [2.24, 2.45) is 0 Å². The van der Waals surface area contributed by atoms with Crippen LogP contribution in [0.5, 0.6) is 0 Å². The first-order valence-corrected chi connectivity index (χ1v) is 8.65. The second-order valence-electron chi connectivity index (χ2n) is 6.60. The fourth-order valence-corrected chi connectivity index (χ4v) is 3.30. The van der Waals surface area contributed by atoms with Gasteiger partial charge in [-0.3, -0.25) is 4.79 Å². The van der Waals surface area contributed by atoms with Gasteiger partial charge in [-0.05, 0) is 38.1 Å². The number of carbonyl (C=O) groups excluding carboxylic acids is 1. The van der Waals surface area contributed by atoms with Crippen molar-refractivity contribution in [3.05, 3.63) is 48.5 Å². The Morgan fingerprint density at radius 2 is 1.88 bits per heavy atom. The lowest BCUT2D eigenvalue weighted by Crippen LogP contribution is -2.49. The fraction of sp³-hybridized carbons (Fsp3) is 0.389. The van der Waals surface area contributed by atoms with Crippen molar-refractivity contribution in [3.8, 4) is 0 Å². The predicted molar refractivity (Wildman–Crippen MR) is 95.9 cm³/mol. The Kier molecular flexibility index (Phi) is 3.91. The average Bonchev–Trinajstić information content (AvgIpc) is 3.29. The summed E-state index contributed by atoms with van der Waals surface area (Å²) in [6.07, 6.45) is 5.56. The van der Waals surface area contributed by atoms with E-state index in [0.29, 0.717) is 13.1 Å². The predicted octanol–water partition coefficient (Wildman–Crippen LogP) is 2.07. The van der Waals surface area contributed by atoms with E-state index in [2.05, 4.69) is 28.8 Å². The van der Waals surface area contributed by atoms with Crippen LogP contribution in [0.3, 0.4) is 0 Å². The maximum absolute atomic E-state index is 12.8. The zero-order chi connectivity index (χ0) is 17.4. The second kappa shape index (κ2) is 6.23. The topological polar surface area (TPSA) is 58.7 Å². The van der Waals surface area contributed by atoms with Gasteiger partial charge in [0.15, 0.2) is 5.65 Å². The van der Waals surface area contributed by atoms with Crippen molar-refractivity contribution >= 4 is 17.4 Å². The van der Waals surface area contributed by atoms with E-state index in [1.54, 1.807) is 10.7 Å². The van der Waals surface area contributed by atoms with Crippen molar-refractivity contribution in [1.29, 1.82) is 0 Å². The van der Waals surface area contributed by atoms with Gasteiger partial charge in [-0.25, -0.2) is 9.50 Å². The number of hydrogen-bond acceptors (Lipinski definition) is 4. The number of anilines is 1. The molecule has 0 N–H and O–H groups in total. The Balaban J connectivity index is 1.45. The van der Waals surface area contributed by atoms with Gasteiger partial charge in [-0.1, -0.05) is 0 Å². The molecule has 1 fully saturated rings. The van der Waals surface area contributed by atoms with Crippen molar-refractivity contribution < 1.29 is 4.79 Å². The van der Waals surface area contributed by atoms with Crippen LogP contribution in [0, 0.1) is 0 Å². The zero-order valence-electron chi connectivity index (χ0n) is 14.5. The highest BCUT2D eigenvalue weighted by Gasteiger charge is 2.25. The van der Waals surface area contributed by atoms with Gasteiger partial charge in [0.2, 0.25) is 0 Å². The summed E-state index contributed by atoms with van der Waals surface area (Å²) in [6.45, 7) is 7.14. The molecule has 1 saturated heterocycles. The molecule has 1 amide bonds. The van der Waals surface area contributed by atoms with Crippen LogP contribution in [0.15, 0.2) is 42.9 Å². The lowest BCUT2D eigenvalue weighted by molar-refractivity contribution is 0.0734. The summed E-state index contributed by atoms with van der Waals surface area (Å²) < 4.78 is 3.81. The standard InChI is InChI=1S/C18H22N6O/c1-14(2)23-8-3-4-15(23)18(25)22-12-10-21(11-13-22)17-6-5-16-19-7-9-24(16)20-17/h3-9,14H,10-13H2,1-2H3. The summed E-state index contributed by atoms with van der Waals surface area (Å²) in [4.78, 5) is 21.2. The van der Waals surface area contributed by atoms with Crippen LogP contribution in [-0.2, 0) is 0 Å². The molecule has 3 aromatic heterocycles. The van der Waals surface area contributed by atoms with Crippen LogP contribution in [0.25, 0.3) is 5.65 Å². The molecule has 4 heterocycles. The fourth-order valence-electron chi connectivity index (χ4n) is 3.30. The van der Waals surface area contributed by atoms with Crippen molar-refractivity contribution in [3.63, 3.8) is 0 Å². The molecule has 0 saturated carbocycles. The summed E-state index contributed by atoms with van der Waals surface area (Å²) in [7, 11) is 0. The smallest absolute Gasteiger partial charge is 0.270 e. The van der Waals surface area contributed by atoms with Crippen LogP contribution in [0.1, 0.15) is 30.4 Å². The molecule has 0 spiro atoms. The first-order chi connectivity index (χ1) is 12.1. The third-order valence-corrected chi connectivity index (χ3v) is 4.69. The maximum Gasteiger partial charge on any atom is 0.270 e. The highest BCUT2D eigenvalue weighted by atomic mass is 16.2. The molecule has 0 aromatic carbocycles. The van der Waals surface area contributed by atoms with E-state index in [1.807, 2.05) is 46.1 Å². The summed E-state index contributed by atoms with van der Waals surface area (Å²) in [5.41, 5.74) is 1.61. The number of imidazole rings is 1. The summed E-state index contributed by atoms with van der Waals surface area (Å²) in [6, 6.07) is 8.08. The number of carbonyl (C=O) groups is 1. The first kappa shape index (κ1) is 15.7. The SMILES string of the molecule is CC(C)n1cccc1C(=O)N1CCN(c2ccc3nccn3n2)CC1. The Morgan fingerprint density at radius 1 is 1.08 bits per heavy atom. The monoisotopic (exact) mass is 338 g/mol. The molecular weight excluding hydrogens is 316 g/mol. The highest BCUT2D eigenvalue weighted by Crippen LogP contribution is 2.17. The first-order valence-electron chi connectivity index (χ1n) is 8.65. The quantitative estimate of drug-likeness (QED) is 0.734. The number of amides is 1. The second-order valence-corrected chi connectivity index (χ2v) is 6.60. The lowest BCUT2D eigenvalue weighted by atomic mass is 10.2. The minimum absolute atomic E-state index is 0.108. The van der Waals surface area contributed by atoms with Crippen LogP contribution in [-0.4, -0.2) is 56.2 Å². The van der Waals surface area contributed by atoms with E-state index >= 15 is 0 Å². The Hall–Kier alpha value is -2.83. The molecule has 0 atom stereocenters. The number of piperazine rings is 1. The minimum Gasteiger partial charge on any atom is -0.352 e. The minimum atomic E-state index is 0.108. The van der Waals surface area contributed by atoms with Gasteiger partial charge in [0.25, 0.3) is 5.91 Å². The molecule has 7 nitrogen and oxygen atoms in total. The van der Waals surface area contributed by atoms with Crippen molar-refractivity contribution in [2.45, 2.75) is 19.9 Å². The van der Waals surface area contributed by atoms with E-state index in [1.165, 1.54) is 0 Å². The molecule has 3 aromatic rings. The third-order valence-electron chi connectivity index (χ3n) is 4.69. The largest absolute Gasteiger partial charge is 0.352 e. The maximum atomic E-state index is 12.8. The third kappa shape index (κ3) is 2.86. The number of fused-ring (bicyclic) bond motifs is 1. The van der Waals surface area contributed by atoms with Crippen LogP contribution in [0.2, 0.25) is 0 Å². The Bertz CT molecular complexity index is 888. The number of rotatable bonds is 3. The summed E-state index contributed by atoms with van der Waals surface area (Å²) in [5.74, 6) is 1.03. The van der Waals surface area contributed by atoms with Gasteiger partial charge < -0.3 is 14.4 Å². The van der Waals surface area contributed by atoms with Crippen molar-refractivity contribution in [1.82, 2.24) is 24.1 Å². The Morgan fingerprint density at radius 3 is 2.64 bits per heavy atom. The van der Waals surface area contributed by atoms with E-state index < -0.39 is 0 Å². The van der Waals surface area contributed by atoms with Crippen LogP contribution < -0.4 is 4.90 Å².